The Morgan fingerprint density at radius 2 is 2.19 bits per heavy atom. The number of fused-ring (bicyclic) bond motifs is 4. The molecule has 1 aromatic heterocycles. The maximum Gasteiger partial charge on any atom is 0.271 e. The van der Waals surface area contributed by atoms with Crippen LogP contribution in [0.3, 0.4) is 0 Å². The average Bonchev–Trinajstić information content (AvgIpc) is 2.29. The summed E-state index contributed by atoms with van der Waals surface area (Å²) in [6.45, 7) is 2.67. The number of hydrogen-bond acceptors (Lipinski definition) is 2. The van der Waals surface area contributed by atoms with Gasteiger partial charge < -0.3 is 9.88 Å². The number of hydrogen-bond donors (Lipinski definition) is 1. The number of rotatable bonds is 0. The predicted octanol–water partition coefficient (Wildman–Crippen LogP) is 1.86. The van der Waals surface area contributed by atoms with Crippen LogP contribution in [0.1, 0.15) is 18.0 Å². The average molecular weight is 259 g/mol. The molecule has 0 unspecified atom stereocenters. The molecule has 3 nitrogen and oxygen atoms in total. The molecule has 5 heteroatoms. The Hall–Kier alpha value is -0.510. The summed E-state index contributed by atoms with van der Waals surface area (Å²) in [6, 6.07) is 1.85. The van der Waals surface area contributed by atoms with E-state index in [1.807, 2.05) is 6.07 Å². The van der Waals surface area contributed by atoms with Gasteiger partial charge in [-0.05, 0) is 24.9 Å². The van der Waals surface area contributed by atoms with Crippen LogP contribution in [0.4, 0.5) is 0 Å². The number of pyridine rings is 1. The molecule has 0 radical (unpaired) electrons. The van der Waals surface area contributed by atoms with Gasteiger partial charge in [0.2, 0.25) is 0 Å². The van der Waals surface area contributed by atoms with Crippen molar-refractivity contribution in [2.45, 2.75) is 18.9 Å². The highest BCUT2D eigenvalue weighted by Crippen LogP contribution is 2.34. The molecule has 2 atom stereocenters. The summed E-state index contributed by atoms with van der Waals surface area (Å²) in [5.41, 5.74) is 0.892. The number of aromatic nitrogens is 1. The van der Waals surface area contributed by atoms with Crippen molar-refractivity contribution in [2.75, 3.05) is 13.1 Å². The number of piperidine rings is 1. The van der Waals surface area contributed by atoms with Crippen molar-refractivity contribution in [2.24, 2.45) is 5.92 Å². The van der Waals surface area contributed by atoms with Crippen LogP contribution in [-0.2, 0) is 6.54 Å². The van der Waals surface area contributed by atoms with E-state index in [0.717, 1.165) is 31.7 Å². The van der Waals surface area contributed by atoms with Gasteiger partial charge in [0.25, 0.3) is 5.56 Å². The number of nitrogens with zero attached hydrogens (tertiary/aromatic N) is 1. The molecule has 3 rings (SSSR count). The number of halogens is 2. The van der Waals surface area contributed by atoms with Gasteiger partial charge in [-0.25, -0.2) is 0 Å². The zero-order valence-corrected chi connectivity index (χ0v) is 10.2. The van der Waals surface area contributed by atoms with E-state index in [1.165, 1.54) is 0 Å². The molecule has 1 aromatic rings. The monoisotopic (exact) mass is 258 g/mol. The number of nitrogens with one attached hydrogen (secondary N) is 1. The lowest BCUT2D eigenvalue weighted by molar-refractivity contribution is 0.257. The van der Waals surface area contributed by atoms with Gasteiger partial charge in [-0.1, -0.05) is 23.2 Å². The molecule has 86 valence electrons. The highest BCUT2D eigenvalue weighted by Gasteiger charge is 2.31. The zero-order chi connectivity index (χ0) is 11.3. The quantitative estimate of drug-likeness (QED) is 0.771. The standard InChI is InChI=1S/C11H12Cl2N2O/c12-8-2-9-7-1-6(3-14-4-7)5-15(9)11(16)10(8)13/h2,6-7,14H,1,3-5H2/t6-,7+/m0/s1. The van der Waals surface area contributed by atoms with Gasteiger partial charge in [0.1, 0.15) is 5.02 Å². The van der Waals surface area contributed by atoms with Gasteiger partial charge in [-0.2, -0.15) is 0 Å². The van der Waals surface area contributed by atoms with Crippen LogP contribution in [-0.4, -0.2) is 17.7 Å². The largest absolute Gasteiger partial charge is 0.316 e. The molecule has 0 aromatic carbocycles. The molecule has 2 aliphatic heterocycles. The molecular formula is C11H12Cl2N2O. The normalized spacial score (nSPS) is 27.6. The van der Waals surface area contributed by atoms with Crippen molar-refractivity contribution < 1.29 is 0 Å². The van der Waals surface area contributed by atoms with Gasteiger partial charge in [-0.15, -0.1) is 0 Å². The Bertz CT molecular complexity index is 497. The van der Waals surface area contributed by atoms with Crippen LogP contribution in [0.2, 0.25) is 10.0 Å². The van der Waals surface area contributed by atoms with E-state index < -0.39 is 0 Å². The van der Waals surface area contributed by atoms with E-state index in [4.69, 9.17) is 23.2 Å². The first-order valence-corrected chi connectivity index (χ1v) is 6.22. The first-order valence-electron chi connectivity index (χ1n) is 5.46. The van der Waals surface area contributed by atoms with E-state index >= 15 is 0 Å². The van der Waals surface area contributed by atoms with Crippen LogP contribution < -0.4 is 10.9 Å². The van der Waals surface area contributed by atoms with Gasteiger partial charge in [-0.3, -0.25) is 4.79 Å². The van der Waals surface area contributed by atoms with Crippen molar-refractivity contribution in [3.05, 3.63) is 32.2 Å². The molecule has 0 aliphatic carbocycles. The highest BCUT2D eigenvalue weighted by atomic mass is 35.5. The zero-order valence-electron chi connectivity index (χ0n) is 8.67. The Morgan fingerprint density at radius 1 is 1.38 bits per heavy atom. The molecule has 2 bridgehead atoms. The van der Waals surface area contributed by atoms with Crippen molar-refractivity contribution >= 4 is 23.2 Å². The second-order valence-electron chi connectivity index (χ2n) is 4.60. The summed E-state index contributed by atoms with van der Waals surface area (Å²) in [5.74, 6) is 0.941. The van der Waals surface area contributed by atoms with Gasteiger partial charge >= 0.3 is 0 Å². The second-order valence-corrected chi connectivity index (χ2v) is 5.39. The highest BCUT2D eigenvalue weighted by molar-refractivity contribution is 6.41. The summed E-state index contributed by atoms with van der Waals surface area (Å²) < 4.78 is 1.80. The molecular weight excluding hydrogens is 247 g/mol. The second kappa shape index (κ2) is 3.76. The minimum Gasteiger partial charge on any atom is -0.316 e. The SMILES string of the molecule is O=c1c(Cl)c(Cl)cc2n1C[C@@H]1CNC[C@H]2C1. The third-order valence-corrected chi connectivity index (χ3v) is 4.29. The summed E-state index contributed by atoms with van der Waals surface area (Å²) in [4.78, 5) is 12.0. The smallest absolute Gasteiger partial charge is 0.271 e. The Morgan fingerprint density at radius 3 is 3.00 bits per heavy atom. The predicted molar refractivity (Wildman–Crippen MR) is 64.4 cm³/mol. The van der Waals surface area contributed by atoms with Crippen LogP contribution in [0, 0.1) is 5.92 Å². The molecule has 1 N–H and O–H groups in total. The summed E-state index contributed by atoms with van der Waals surface area (Å²) >= 11 is 11.9. The third-order valence-electron chi connectivity index (χ3n) is 3.53. The lowest BCUT2D eigenvalue weighted by Gasteiger charge is -2.37. The topological polar surface area (TPSA) is 34.0 Å². The first-order chi connectivity index (χ1) is 7.66. The fourth-order valence-corrected chi connectivity index (χ4v) is 3.14. The van der Waals surface area contributed by atoms with Crippen molar-refractivity contribution in [3.8, 4) is 0 Å². The van der Waals surface area contributed by atoms with Gasteiger partial charge in [0, 0.05) is 24.7 Å². The minimum atomic E-state index is -0.138. The van der Waals surface area contributed by atoms with E-state index in [0.29, 0.717) is 16.9 Å². The summed E-state index contributed by atoms with van der Waals surface area (Å²) in [5, 5.41) is 3.92. The van der Waals surface area contributed by atoms with Gasteiger partial charge in [0.05, 0.1) is 5.02 Å². The molecule has 3 heterocycles. The summed E-state index contributed by atoms with van der Waals surface area (Å²) in [7, 11) is 0. The van der Waals surface area contributed by atoms with Crippen molar-refractivity contribution in [1.82, 2.24) is 9.88 Å². The Labute approximate surface area is 103 Å². The van der Waals surface area contributed by atoms with E-state index in [9.17, 15) is 4.79 Å². The van der Waals surface area contributed by atoms with E-state index in [1.54, 1.807) is 4.57 Å². The van der Waals surface area contributed by atoms with Crippen molar-refractivity contribution in [3.63, 3.8) is 0 Å². The molecule has 0 spiro atoms. The molecule has 1 saturated heterocycles. The van der Waals surface area contributed by atoms with Gasteiger partial charge in [0.15, 0.2) is 0 Å². The Balaban J connectivity index is 2.20. The molecule has 1 fully saturated rings. The summed E-state index contributed by atoms with van der Waals surface area (Å²) in [6.07, 6.45) is 1.14. The minimum absolute atomic E-state index is 0.138. The fourth-order valence-electron chi connectivity index (χ4n) is 2.79. The molecule has 2 aliphatic rings. The maximum absolute atomic E-state index is 12.0. The first kappa shape index (κ1) is 10.6. The molecule has 16 heavy (non-hydrogen) atoms. The maximum atomic E-state index is 12.0. The van der Waals surface area contributed by atoms with Crippen LogP contribution in [0.25, 0.3) is 0 Å². The Kier molecular flexibility index (Phi) is 2.50. The van der Waals surface area contributed by atoms with Crippen molar-refractivity contribution in [1.29, 1.82) is 0 Å². The van der Waals surface area contributed by atoms with E-state index in [2.05, 4.69) is 5.32 Å². The van der Waals surface area contributed by atoms with Crippen LogP contribution >= 0.6 is 23.2 Å². The van der Waals surface area contributed by atoms with Crippen LogP contribution in [0.5, 0.6) is 0 Å². The van der Waals surface area contributed by atoms with E-state index in [-0.39, 0.29) is 10.6 Å². The molecule has 0 saturated carbocycles. The lowest BCUT2D eigenvalue weighted by atomic mass is 9.84. The third kappa shape index (κ3) is 1.50. The van der Waals surface area contributed by atoms with Crippen LogP contribution in [0.15, 0.2) is 10.9 Å². The molecule has 0 amide bonds. The fraction of sp³-hybridized carbons (Fsp3) is 0.545. The lowest BCUT2D eigenvalue weighted by Crippen LogP contribution is -2.45.